The molecule has 0 fully saturated rings. The third-order valence-electron chi connectivity index (χ3n) is 4.81. The number of quaternary nitrogens is 1. The molecule has 0 aliphatic heterocycles. The number of aryl methyl sites for hydroxylation is 1. The normalized spacial score (nSPS) is 11.5. The van der Waals surface area contributed by atoms with Crippen LogP contribution in [0.5, 0.6) is 0 Å². The topological polar surface area (TPSA) is 30.9 Å². The summed E-state index contributed by atoms with van der Waals surface area (Å²) in [4.78, 5) is 2.35. The van der Waals surface area contributed by atoms with Gasteiger partial charge in [0.25, 0.3) is 0 Å². The highest BCUT2D eigenvalue weighted by molar-refractivity contribution is 5.47. The number of anilines is 1. The monoisotopic (exact) mass is 359 g/mol. The molecule has 1 unspecified atom stereocenters. The minimum Gasteiger partial charge on any atom is -0.372 e. The molecule has 0 heterocycles. The van der Waals surface area contributed by atoms with Crippen LogP contribution in [-0.2, 0) is 6.42 Å². The molecule has 3 heteroatoms. The highest BCUT2D eigenvalue weighted by atomic mass is 19.1. The molecule has 0 spiro atoms. The predicted molar refractivity (Wildman–Crippen MR) is 112 cm³/mol. The van der Waals surface area contributed by atoms with E-state index in [2.05, 4.69) is 55.7 Å². The average molecular weight is 360 g/mol. The predicted octanol–water partition coefficient (Wildman–Crippen LogP) is 5.70. The second-order valence-electron chi connectivity index (χ2n) is 6.48. The van der Waals surface area contributed by atoms with Crippen LogP contribution in [0.25, 0.3) is 0 Å². The van der Waals surface area contributed by atoms with Gasteiger partial charge in [-0.05, 0) is 68.9 Å². The largest absolute Gasteiger partial charge is 0.372 e. The van der Waals surface area contributed by atoms with Gasteiger partial charge in [-0.3, -0.25) is 0 Å². The molecular weight excluding hydrogens is 323 g/mol. The Morgan fingerprint density at radius 3 is 2.19 bits per heavy atom. The molecule has 0 aliphatic carbocycles. The maximum atomic E-state index is 13.4. The standard InChI is InChI=1S/C21H29FN2.C2H6/c1-4-24(5-2)19-12-9-17(10-13-19)8-6-7-16(3)20-15-18(22)11-14-21(20)23;1-2/h9-16H,4-8,23H2,1-3H3;1-2H3/p+1. The highest BCUT2D eigenvalue weighted by Gasteiger charge is 2.12. The van der Waals surface area contributed by atoms with Crippen molar-refractivity contribution in [3.8, 4) is 0 Å². The van der Waals surface area contributed by atoms with E-state index in [9.17, 15) is 4.39 Å². The number of hydrogen-bond acceptors (Lipinski definition) is 1. The molecule has 26 heavy (non-hydrogen) atoms. The van der Waals surface area contributed by atoms with Crippen LogP contribution in [0.4, 0.5) is 15.8 Å². The molecule has 0 aromatic heterocycles. The van der Waals surface area contributed by atoms with Crippen molar-refractivity contribution in [2.24, 2.45) is 0 Å². The Bertz CT molecular complexity index is 633. The Kier molecular flexibility index (Phi) is 9.97. The van der Waals surface area contributed by atoms with Crippen molar-refractivity contribution in [3.63, 3.8) is 0 Å². The quantitative estimate of drug-likeness (QED) is 0.644. The Labute approximate surface area is 159 Å². The summed E-state index contributed by atoms with van der Waals surface area (Å²) in [5, 5.41) is 0. The maximum Gasteiger partial charge on any atom is 0.131 e. The van der Waals surface area contributed by atoms with E-state index in [1.165, 1.54) is 17.3 Å². The highest BCUT2D eigenvalue weighted by Crippen LogP contribution is 2.26. The SMILES string of the molecule is CC.CCN(CC)c1ccc(CCCC(C)c2cc(F)ccc2[NH3+])cc1. The molecule has 1 atom stereocenters. The Balaban J connectivity index is 0.00000163. The summed E-state index contributed by atoms with van der Waals surface area (Å²) in [5.41, 5.74) is 8.65. The molecule has 0 radical (unpaired) electrons. The van der Waals surface area contributed by atoms with Crippen molar-refractivity contribution in [2.75, 3.05) is 18.0 Å². The van der Waals surface area contributed by atoms with Crippen LogP contribution in [0.15, 0.2) is 42.5 Å². The van der Waals surface area contributed by atoms with E-state index in [1.807, 2.05) is 13.8 Å². The van der Waals surface area contributed by atoms with Crippen molar-refractivity contribution >= 4 is 11.4 Å². The summed E-state index contributed by atoms with van der Waals surface area (Å²) < 4.78 is 13.4. The van der Waals surface area contributed by atoms with Gasteiger partial charge < -0.3 is 10.6 Å². The zero-order chi connectivity index (χ0) is 19.5. The third kappa shape index (κ3) is 6.45. The first kappa shape index (κ1) is 22.2. The summed E-state index contributed by atoms with van der Waals surface area (Å²) >= 11 is 0. The van der Waals surface area contributed by atoms with E-state index in [4.69, 9.17) is 0 Å². The molecule has 2 nitrogen and oxygen atoms in total. The molecule has 144 valence electrons. The molecule has 2 aromatic carbocycles. The lowest BCUT2D eigenvalue weighted by molar-refractivity contribution is -0.256. The second kappa shape index (κ2) is 11.7. The molecule has 2 rings (SSSR count). The van der Waals surface area contributed by atoms with Gasteiger partial charge in [0.2, 0.25) is 0 Å². The van der Waals surface area contributed by atoms with Gasteiger partial charge in [0, 0.05) is 30.4 Å². The van der Waals surface area contributed by atoms with Crippen molar-refractivity contribution in [1.29, 1.82) is 0 Å². The maximum absolute atomic E-state index is 13.4. The van der Waals surface area contributed by atoms with E-state index in [1.54, 1.807) is 12.1 Å². The van der Waals surface area contributed by atoms with Crippen molar-refractivity contribution in [1.82, 2.24) is 0 Å². The smallest absolute Gasteiger partial charge is 0.131 e. The van der Waals surface area contributed by atoms with Crippen LogP contribution < -0.4 is 10.6 Å². The Morgan fingerprint density at radius 2 is 1.62 bits per heavy atom. The lowest BCUT2D eigenvalue weighted by atomic mass is 9.93. The fourth-order valence-electron chi connectivity index (χ4n) is 3.25. The third-order valence-corrected chi connectivity index (χ3v) is 4.81. The van der Waals surface area contributed by atoms with Crippen molar-refractivity contribution in [2.45, 2.75) is 59.8 Å². The van der Waals surface area contributed by atoms with Gasteiger partial charge in [0.1, 0.15) is 11.5 Å². The number of hydrogen-bond donors (Lipinski definition) is 1. The fourth-order valence-corrected chi connectivity index (χ4v) is 3.25. The molecule has 3 N–H and O–H groups in total. The van der Waals surface area contributed by atoms with Crippen LogP contribution in [0.1, 0.15) is 64.5 Å². The first-order valence-electron chi connectivity index (χ1n) is 10.0. The molecule has 0 bridgehead atoms. The number of benzene rings is 2. The number of halogens is 1. The first-order valence-corrected chi connectivity index (χ1v) is 10.0. The van der Waals surface area contributed by atoms with Gasteiger partial charge in [-0.2, -0.15) is 0 Å². The molecule has 2 aromatic rings. The van der Waals surface area contributed by atoms with Crippen LogP contribution in [0.2, 0.25) is 0 Å². The van der Waals surface area contributed by atoms with Crippen LogP contribution >= 0.6 is 0 Å². The van der Waals surface area contributed by atoms with E-state index in [-0.39, 0.29) is 5.82 Å². The van der Waals surface area contributed by atoms with E-state index in [0.29, 0.717) is 5.92 Å². The molecular formula is C23H36FN2+. The van der Waals surface area contributed by atoms with Crippen molar-refractivity contribution < 1.29 is 10.1 Å². The van der Waals surface area contributed by atoms with Gasteiger partial charge in [-0.15, -0.1) is 0 Å². The average Bonchev–Trinajstić information content (AvgIpc) is 2.67. The van der Waals surface area contributed by atoms with Gasteiger partial charge in [0.05, 0.1) is 0 Å². The minimum atomic E-state index is -0.170. The van der Waals surface area contributed by atoms with Crippen LogP contribution in [0, 0.1) is 5.82 Å². The lowest BCUT2D eigenvalue weighted by Crippen LogP contribution is -2.41. The summed E-state index contributed by atoms with van der Waals surface area (Å²) in [7, 11) is 0. The Hall–Kier alpha value is -1.87. The minimum absolute atomic E-state index is 0.170. The van der Waals surface area contributed by atoms with Crippen LogP contribution in [-0.4, -0.2) is 13.1 Å². The number of rotatable bonds is 8. The summed E-state index contributed by atoms with van der Waals surface area (Å²) in [6.07, 6.45) is 3.20. The second-order valence-corrected chi connectivity index (χ2v) is 6.48. The van der Waals surface area contributed by atoms with Crippen molar-refractivity contribution in [3.05, 3.63) is 59.4 Å². The Morgan fingerprint density at radius 1 is 1.00 bits per heavy atom. The van der Waals surface area contributed by atoms with E-state index >= 15 is 0 Å². The molecule has 0 aliphatic rings. The van der Waals surface area contributed by atoms with Gasteiger partial charge in [-0.1, -0.05) is 32.9 Å². The molecule has 0 saturated heterocycles. The van der Waals surface area contributed by atoms with Gasteiger partial charge in [-0.25, -0.2) is 4.39 Å². The van der Waals surface area contributed by atoms with E-state index < -0.39 is 0 Å². The van der Waals surface area contributed by atoms with Gasteiger partial charge >= 0.3 is 0 Å². The fraction of sp³-hybridized carbons (Fsp3) is 0.478. The summed E-state index contributed by atoms with van der Waals surface area (Å²) in [6.45, 7) is 12.6. The van der Waals surface area contributed by atoms with E-state index in [0.717, 1.165) is 43.6 Å². The molecule has 0 saturated carbocycles. The zero-order valence-corrected chi connectivity index (χ0v) is 17.2. The summed E-state index contributed by atoms with van der Waals surface area (Å²) in [6, 6.07) is 13.8. The van der Waals surface area contributed by atoms with Crippen LogP contribution in [0.3, 0.4) is 0 Å². The lowest BCUT2D eigenvalue weighted by Gasteiger charge is -2.21. The number of nitrogens with zero attached hydrogens (tertiary/aromatic N) is 1. The first-order chi connectivity index (χ1) is 12.5. The summed E-state index contributed by atoms with van der Waals surface area (Å²) in [5.74, 6) is 0.166. The zero-order valence-electron chi connectivity index (χ0n) is 17.2. The molecule has 0 amide bonds. The van der Waals surface area contributed by atoms with Gasteiger partial charge in [0.15, 0.2) is 0 Å².